The van der Waals surface area contributed by atoms with Crippen molar-refractivity contribution in [1.29, 1.82) is 0 Å². The summed E-state index contributed by atoms with van der Waals surface area (Å²) < 4.78 is 33.3. The van der Waals surface area contributed by atoms with Crippen LogP contribution >= 0.6 is 0 Å². The molecule has 0 bridgehead atoms. The fourth-order valence-corrected chi connectivity index (χ4v) is 4.13. The van der Waals surface area contributed by atoms with E-state index in [0.29, 0.717) is 22.9 Å². The first-order chi connectivity index (χ1) is 12.8. The van der Waals surface area contributed by atoms with Crippen molar-refractivity contribution in [1.82, 2.24) is 4.90 Å². The number of nitrogens with one attached hydrogen (secondary N) is 1. The van der Waals surface area contributed by atoms with E-state index in [1.54, 1.807) is 48.3 Å². The van der Waals surface area contributed by atoms with Gasteiger partial charge in [-0.1, -0.05) is 18.2 Å². The monoisotopic (exact) mass is 388 g/mol. The molecule has 1 amide bonds. The molecule has 0 aromatic heterocycles. The Kier molecular flexibility index (Phi) is 5.41. The van der Waals surface area contributed by atoms with Crippen LogP contribution in [0.5, 0.6) is 5.75 Å². The number of nitrogens with zero attached hydrogens (tertiary/aromatic N) is 1. The Morgan fingerprint density at radius 1 is 1.19 bits per heavy atom. The van der Waals surface area contributed by atoms with Gasteiger partial charge >= 0.3 is 0 Å². The lowest BCUT2D eigenvalue weighted by molar-refractivity contribution is 0.0727. The number of methoxy groups -OCH3 is 1. The quantitative estimate of drug-likeness (QED) is 0.789. The summed E-state index contributed by atoms with van der Waals surface area (Å²) >= 11 is 0. The molecule has 3 rings (SSSR count). The van der Waals surface area contributed by atoms with Crippen LogP contribution in [0.15, 0.2) is 53.4 Å². The molecule has 27 heavy (non-hydrogen) atoms. The molecule has 1 aliphatic rings. The van der Waals surface area contributed by atoms with E-state index < -0.39 is 10.0 Å². The van der Waals surface area contributed by atoms with Crippen molar-refractivity contribution in [2.45, 2.75) is 30.7 Å². The van der Waals surface area contributed by atoms with Gasteiger partial charge in [-0.25, -0.2) is 8.42 Å². The van der Waals surface area contributed by atoms with Crippen LogP contribution in [0, 0.1) is 5.92 Å². The van der Waals surface area contributed by atoms with Crippen LogP contribution in [0.1, 0.15) is 30.1 Å². The fourth-order valence-electron chi connectivity index (χ4n) is 3.01. The molecule has 1 aliphatic carbocycles. The largest absolute Gasteiger partial charge is 0.495 e. The predicted molar refractivity (Wildman–Crippen MR) is 105 cm³/mol. The Balaban J connectivity index is 1.84. The fraction of sp³-hybridized carbons (Fsp3) is 0.350. The van der Waals surface area contributed by atoms with Crippen molar-refractivity contribution >= 4 is 21.6 Å². The standard InChI is InChI=1S/C20H24N2O4S/c1-14(15-11-12-15)22(2)20(23)16-7-6-8-17(13-16)27(24,25)21-18-9-4-5-10-19(18)26-3/h4-10,13-15,21H,11-12H2,1-3H3. The summed E-state index contributed by atoms with van der Waals surface area (Å²) in [6.07, 6.45) is 2.27. The number of carbonyl (C=O) groups excluding carboxylic acids is 1. The Morgan fingerprint density at radius 3 is 2.56 bits per heavy atom. The van der Waals surface area contributed by atoms with Gasteiger partial charge in [0, 0.05) is 18.7 Å². The van der Waals surface area contributed by atoms with E-state index in [0.717, 1.165) is 12.8 Å². The number of ether oxygens (including phenoxy) is 1. The molecule has 0 radical (unpaired) electrons. The van der Waals surface area contributed by atoms with Crippen molar-refractivity contribution < 1.29 is 17.9 Å². The topological polar surface area (TPSA) is 75.7 Å². The average Bonchev–Trinajstić information content (AvgIpc) is 3.52. The van der Waals surface area contributed by atoms with E-state index in [1.165, 1.54) is 19.2 Å². The lowest BCUT2D eigenvalue weighted by Crippen LogP contribution is -2.36. The van der Waals surface area contributed by atoms with Gasteiger partial charge in [-0.2, -0.15) is 0 Å². The summed E-state index contributed by atoms with van der Waals surface area (Å²) in [6.45, 7) is 2.03. The van der Waals surface area contributed by atoms with Crippen LogP contribution in [0.25, 0.3) is 0 Å². The highest BCUT2D eigenvalue weighted by atomic mass is 32.2. The van der Waals surface area contributed by atoms with E-state index in [1.807, 2.05) is 6.92 Å². The normalized spacial score (nSPS) is 15.1. The van der Waals surface area contributed by atoms with Gasteiger partial charge in [-0.15, -0.1) is 0 Å². The number of amides is 1. The highest BCUT2D eigenvalue weighted by molar-refractivity contribution is 7.92. The van der Waals surface area contributed by atoms with Gasteiger partial charge in [0.25, 0.3) is 15.9 Å². The third kappa shape index (κ3) is 4.24. The molecule has 1 saturated carbocycles. The second-order valence-corrected chi connectivity index (χ2v) is 8.51. The minimum absolute atomic E-state index is 0.0340. The van der Waals surface area contributed by atoms with Crippen LogP contribution in [0.2, 0.25) is 0 Å². The summed E-state index contributed by atoms with van der Waals surface area (Å²) in [5.41, 5.74) is 0.698. The predicted octanol–water partition coefficient (Wildman–Crippen LogP) is 3.37. The maximum absolute atomic E-state index is 12.8. The second-order valence-electron chi connectivity index (χ2n) is 6.83. The number of benzene rings is 2. The molecule has 0 saturated heterocycles. The number of hydrogen-bond donors (Lipinski definition) is 1. The molecule has 2 aromatic rings. The average molecular weight is 388 g/mol. The first kappa shape index (κ1) is 19.2. The van der Waals surface area contributed by atoms with Gasteiger partial charge < -0.3 is 9.64 Å². The maximum atomic E-state index is 12.8. The van der Waals surface area contributed by atoms with Gasteiger partial charge in [0.15, 0.2) is 0 Å². The smallest absolute Gasteiger partial charge is 0.262 e. The molecule has 0 heterocycles. The van der Waals surface area contributed by atoms with Crippen LogP contribution in [-0.2, 0) is 10.0 Å². The summed E-state index contributed by atoms with van der Waals surface area (Å²) in [5, 5.41) is 0. The number of sulfonamides is 1. The van der Waals surface area contributed by atoms with Crippen molar-refractivity contribution in [2.75, 3.05) is 18.9 Å². The van der Waals surface area contributed by atoms with Crippen molar-refractivity contribution in [3.8, 4) is 5.75 Å². The molecule has 2 aromatic carbocycles. The van der Waals surface area contributed by atoms with Gasteiger partial charge in [0.2, 0.25) is 0 Å². The van der Waals surface area contributed by atoms with Gasteiger partial charge in [0.1, 0.15) is 5.75 Å². The molecule has 0 spiro atoms. The van der Waals surface area contributed by atoms with E-state index in [9.17, 15) is 13.2 Å². The summed E-state index contributed by atoms with van der Waals surface area (Å²) in [7, 11) is -0.614. The lowest BCUT2D eigenvalue weighted by atomic mass is 10.1. The zero-order valence-electron chi connectivity index (χ0n) is 15.7. The van der Waals surface area contributed by atoms with E-state index in [4.69, 9.17) is 4.74 Å². The zero-order chi connectivity index (χ0) is 19.6. The maximum Gasteiger partial charge on any atom is 0.262 e. The molecule has 0 aliphatic heterocycles. The Morgan fingerprint density at radius 2 is 1.89 bits per heavy atom. The van der Waals surface area contributed by atoms with Crippen molar-refractivity contribution in [2.24, 2.45) is 5.92 Å². The molecule has 6 nitrogen and oxygen atoms in total. The molecular formula is C20H24N2O4S. The highest BCUT2D eigenvalue weighted by Gasteiger charge is 2.33. The number of anilines is 1. The van der Waals surface area contributed by atoms with Gasteiger partial charge in [-0.05, 0) is 56.0 Å². The number of rotatable bonds is 7. The number of carbonyl (C=O) groups is 1. The Hall–Kier alpha value is -2.54. The molecule has 1 unspecified atom stereocenters. The van der Waals surface area contributed by atoms with Crippen LogP contribution in [-0.4, -0.2) is 39.4 Å². The Labute approximate surface area is 160 Å². The van der Waals surface area contributed by atoms with Crippen LogP contribution in [0.4, 0.5) is 5.69 Å². The van der Waals surface area contributed by atoms with Crippen LogP contribution < -0.4 is 9.46 Å². The lowest BCUT2D eigenvalue weighted by Gasteiger charge is -2.25. The summed E-state index contributed by atoms with van der Waals surface area (Å²) in [4.78, 5) is 14.5. The summed E-state index contributed by atoms with van der Waals surface area (Å²) in [6, 6.07) is 13.0. The Bertz CT molecular complexity index is 939. The minimum Gasteiger partial charge on any atom is -0.495 e. The van der Waals surface area contributed by atoms with E-state index in [2.05, 4.69) is 4.72 Å². The van der Waals surface area contributed by atoms with Gasteiger partial charge in [0.05, 0.1) is 17.7 Å². The zero-order valence-corrected chi connectivity index (χ0v) is 16.5. The third-order valence-electron chi connectivity index (χ3n) is 4.98. The molecule has 1 atom stereocenters. The number of para-hydroxylation sites is 2. The highest BCUT2D eigenvalue weighted by Crippen LogP contribution is 2.35. The first-order valence-corrected chi connectivity index (χ1v) is 10.3. The molecule has 1 N–H and O–H groups in total. The SMILES string of the molecule is COc1ccccc1NS(=O)(=O)c1cccc(C(=O)N(C)C(C)C2CC2)c1. The molecular weight excluding hydrogens is 364 g/mol. The molecule has 1 fully saturated rings. The number of hydrogen-bond acceptors (Lipinski definition) is 4. The van der Waals surface area contributed by atoms with Crippen molar-refractivity contribution in [3.05, 3.63) is 54.1 Å². The first-order valence-electron chi connectivity index (χ1n) is 8.86. The van der Waals surface area contributed by atoms with Crippen LogP contribution in [0.3, 0.4) is 0 Å². The minimum atomic E-state index is -3.85. The van der Waals surface area contributed by atoms with Crippen molar-refractivity contribution in [3.63, 3.8) is 0 Å². The molecule has 7 heteroatoms. The van der Waals surface area contributed by atoms with E-state index >= 15 is 0 Å². The van der Waals surface area contributed by atoms with E-state index in [-0.39, 0.29) is 16.8 Å². The molecule has 144 valence electrons. The summed E-state index contributed by atoms with van der Waals surface area (Å²) in [5.74, 6) is 0.785. The third-order valence-corrected chi connectivity index (χ3v) is 6.34. The van der Waals surface area contributed by atoms with Gasteiger partial charge in [-0.3, -0.25) is 9.52 Å². The second kappa shape index (κ2) is 7.60.